The van der Waals surface area contributed by atoms with Gasteiger partial charge in [-0.1, -0.05) is 73.9 Å². The van der Waals surface area contributed by atoms with Gasteiger partial charge in [0.1, 0.15) is 0 Å². The predicted molar refractivity (Wildman–Crippen MR) is 168 cm³/mol. The Balaban J connectivity index is 1.35. The second kappa shape index (κ2) is 12.6. The number of H-pyrrole nitrogens is 1. The maximum atomic E-state index is 14.3. The molecule has 224 valence electrons. The fourth-order valence-corrected chi connectivity index (χ4v) is 6.13. The molecule has 3 aromatic carbocycles. The van der Waals surface area contributed by atoms with E-state index in [-0.39, 0.29) is 18.2 Å². The molecule has 1 aliphatic heterocycles. The van der Waals surface area contributed by atoms with Crippen molar-refractivity contribution in [3.05, 3.63) is 89.0 Å². The van der Waals surface area contributed by atoms with Crippen LogP contribution in [0.4, 0.5) is 16.2 Å². The van der Waals surface area contributed by atoms with Crippen molar-refractivity contribution in [3.63, 3.8) is 0 Å². The fraction of sp³-hybridized carbons (Fsp3) is 0.303. The fourth-order valence-electron chi connectivity index (χ4n) is 6.13. The number of benzodiazepines with no additional fused rings is 1. The van der Waals surface area contributed by atoms with E-state index in [4.69, 9.17) is 4.99 Å². The van der Waals surface area contributed by atoms with Crippen LogP contribution in [0, 0.1) is 19.8 Å². The van der Waals surface area contributed by atoms with E-state index in [0.717, 1.165) is 54.5 Å². The Morgan fingerprint density at radius 3 is 2.50 bits per heavy atom. The summed E-state index contributed by atoms with van der Waals surface area (Å²) >= 11 is 0. The molecule has 2 heterocycles. The maximum absolute atomic E-state index is 14.3. The number of amides is 3. The molecule has 1 atom stereocenters. The zero-order valence-electron chi connectivity index (χ0n) is 24.7. The van der Waals surface area contributed by atoms with Crippen molar-refractivity contribution in [1.82, 2.24) is 25.9 Å². The van der Waals surface area contributed by atoms with Gasteiger partial charge in [-0.2, -0.15) is 0 Å². The van der Waals surface area contributed by atoms with Gasteiger partial charge in [-0.25, -0.2) is 9.89 Å². The van der Waals surface area contributed by atoms with Crippen LogP contribution < -0.4 is 15.5 Å². The van der Waals surface area contributed by atoms with Crippen molar-refractivity contribution in [1.29, 1.82) is 0 Å². The molecule has 3 amide bonds. The average molecular weight is 591 g/mol. The molecule has 0 radical (unpaired) electrons. The molecule has 6 rings (SSSR count). The molecule has 0 saturated heterocycles. The standard InChI is InChI=1S/C33H34N8O3/c1-20-10-6-7-16-25(20)27(42)19-41-29-21(2)11-8-17-26(29)28(22-12-4-3-5-13-22)35-31(32(41)43)36-33(44)34-24-15-9-14-23(18-24)30-37-39-40-38-30/h6-11,14-18,22,31H,3-5,12-13,19H2,1-2H3,(H2,34,36,44)(H,37,38,39,40)/t31-/m0/s1. The number of Topliss-reactive ketones (excluding diaryl/α,β-unsaturated/α-hetero) is 1. The van der Waals surface area contributed by atoms with Gasteiger partial charge in [0.2, 0.25) is 6.17 Å². The lowest BCUT2D eigenvalue weighted by molar-refractivity contribution is -0.120. The number of hydrogen-bond donors (Lipinski definition) is 3. The van der Waals surface area contributed by atoms with Crippen LogP contribution in [0.3, 0.4) is 0 Å². The molecule has 0 bridgehead atoms. The summed E-state index contributed by atoms with van der Waals surface area (Å²) in [6.07, 6.45) is 3.97. The van der Waals surface area contributed by atoms with E-state index in [1.165, 1.54) is 4.90 Å². The van der Waals surface area contributed by atoms with E-state index in [2.05, 4.69) is 31.3 Å². The summed E-state index contributed by atoms with van der Waals surface area (Å²) in [5, 5.41) is 19.4. The molecule has 0 spiro atoms. The first kappa shape index (κ1) is 28.9. The minimum atomic E-state index is -1.23. The molecular weight excluding hydrogens is 556 g/mol. The van der Waals surface area contributed by atoms with Crippen LogP contribution in [0.15, 0.2) is 71.7 Å². The zero-order chi connectivity index (χ0) is 30.6. The van der Waals surface area contributed by atoms with Crippen molar-refractivity contribution >= 4 is 34.8 Å². The molecule has 11 heteroatoms. The lowest BCUT2D eigenvalue weighted by atomic mass is 9.82. The quantitative estimate of drug-likeness (QED) is 0.251. The van der Waals surface area contributed by atoms with Crippen LogP contribution in [-0.2, 0) is 4.79 Å². The van der Waals surface area contributed by atoms with Crippen molar-refractivity contribution < 1.29 is 14.4 Å². The molecule has 1 aliphatic carbocycles. The number of hydrogen-bond acceptors (Lipinski definition) is 7. The number of aliphatic imine (C=N–C) groups is 1. The molecule has 1 aromatic heterocycles. The van der Waals surface area contributed by atoms with Crippen LogP contribution >= 0.6 is 0 Å². The Morgan fingerprint density at radius 2 is 1.73 bits per heavy atom. The first-order valence-electron chi connectivity index (χ1n) is 14.9. The highest BCUT2D eigenvalue weighted by molar-refractivity contribution is 6.17. The van der Waals surface area contributed by atoms with Gasteiger partial charge in [-0.15, -0.1) is 5.10 Å². The number of fused-ring (bicyclic) bond motifs is 1. The summed E-state index contributed by atoms with van der Waals surface area (Å²) in [6.45, 7) is 3.64. The second-order valence-electron chi connectivity index (χ2n) is 11.3. The SMILES string of the molecule is Cc1ccccc1C(=O)CN1C(=O)[C@H](NC(=O)Nc2cccc(-c3nnn[nH]3)c2)N=C(C2CCCCC2)c2cccc(C)c21. The van der Waals surface area contributed by atoms with E-state index in [9.17, 15) is 14.4 Å². The highest BCUT2D eigenvalue weighted by atomic mass is 16.2. The summed E-state index contributed by atoms with van der Waals surface area (Å²) in [4.78, 5) is 47.8. The van der Waals surface area contributed by atoms with E-state index < -0.39 is 18.1 Å². The second-order valence-corrected chi connectivity index (χ2v) is 11.3. The number of tetrazole rings is 1. The third-order valence-corrected chi connectivity index (χ3v) is 8.30. The number of para-hydroxylation sites is 1. The van der Waals surface area contributed by atoms with Crippen molar-refractivity contribution in [2.24, 2.45) is 10.9 Å². The molecular formula is C33H34N8O3. The number of benzene rings is 3. The molecule has 1 fully saturated rings. The largest absolute Gasteiger partial charge is 0.321 e. The Labute approximate surface area is 255 Å². The monoisotopic (exact) mass is 590 g/mol. The molecule has 3 N–H and O–H groups in total. The normalized spacial score (nSPS) is 17.0. The van der Waals surface area contributed by atoms with E-state index in [1.54, 1.807) is 24.3 Å². The number of aryl methyl sites for hydroxylation is 2. The number of urea groups is 1. The van der Waals surface area contributed by atoms with Crippen molar-refractivity contribution in [2.45, 2.75) is 52.1 Å². The van der Waals surface area contributed by atoms with Crippen LogP contribution in [0.5, 0.6) is 0 Å². The number of carbonyl (C=O) groups excluding carboxylic acids is 3. The van der Waals surface area contributed by atoms with Gasteiger partial charge in [-0.3, -0.25) is 14.6 Å². The summed E-state index contributed by atoms with van der Waals surface area (Å²) in [7, 11) is 0. The lowest BCUT2D eigenvalue weighted by Gasteiger charge is -2.27. The number of rotatable bonds is 7. The predicted octanol–water partition coefficient (Wildman–Crippen LogP) is 5.23. The summed E-state index contributed by atoms with van der Waals surface area (Å²) < 4.78 is 0. The van der Waals surface area contributed by atoms with Gasteiger partial charge < -0.3 is 15.5 Å². The van der Waals surface area contributed by atoms with Gasteiger partial charge in [0.15, 0.2) is 11.6 Å². The molecule has 4 aromatic rings. The molecule has 44 heavy (non-hydrogen) atoms. The zero-order valence-corrected chi connectivity index (χ0v) is 24.7. The third-order valence-electron chi connectivity index (χ3n) is 8.30. The Kier molecular flexibility index (Phi) is 8.27. The summed E-state index contributed by atoms with van der Waals surface area (Å²) in [5.41, 5.74) is 5.72. The van der Waals surface area contributed by atoms with Gasteiger partial charge in [0.25, 0.3) is 5.91 Å². The van der Waals surface area contributed by atoms with Gasteiger partial charge in [0, 0.05) is 28.3 Å². The number of aromatic nitrogens is 4. The summed E-state index contributed by atoms with van der Waals surface area (Å²) in [5.74, 6) is -0.0564. The molecule has 1 saturated carbocycles. The number of nitrogens with zero attached hydrogens (tertiary/aromatic N) is 5. The summed E-state index contributed by atoms with van der Waals surface area (Å²) in [6, 6.07) is 19.6. The molecule has 11 nitrogen and oxygen atoms in total. The maximum Gasteiger partial charge on any atom is 0.321 e. The highest BCUT2D eigenvalue weighted by Gasteiger charge is 2.37. The number of aromatic amines is 1. The molecule has 0 unspecified atom stereocenters. The minimum absolute atomic E-state index is 0.142. The smallest absolute Gasteiger partial charge is 0.308 e. The van der Waals surface area contributed by atoms with Crippen molar-refractivity contribution in [2.75, 3.05) is 16.8 Å². The average Bonchev–Trinajstić information content (AvgIpc) is 3.54. The van der Waals surface area contributed by atoms with Crippen molar-refractivity contribution in [3.8, 4) is 11.4 Å². The van der Waals surface area contributed by atoms with Crippen LogP contribution in [-0.4, -0.2) is 56.8 Å². The Bertz CT molecular complexity index is 1730. The minimum Gasteiger partial charge on any atom is -0.308 e. The molecule has 2 aliphatic rings. The number of carbonyl (C=O) groups is 3. The number of ketones is 1. The van der Waals surface area contributed by atoms with Gasteiger partial charge >= 0.3 is 6.03 Å². The Hall–Kier alpha value is -5.19. The highest BCUT2D eigenvalue weighted by Crippen LogP contribution is 2.36. The van der Waals surface area contributed by atoms with E-state index in [1.807, 2.05) is 56.3 Å². The third kappa shape index (κ3) is 5.98. The number of nitrogens with one attached hydrogen (secondary N) is 3. The topological polar surface area (TPSA) is 145 Å². The lowest BCUT2D eigenvalue weighted by Crippen LogP contribution is -2.50. The first-order valence-corrected chi connectivity index (χ1v) is 14.9. The van der Waals surface area contributed by atoms with E-state index >= 15 is 0 Å². The number of anilines is 2. The van der Waals surface area contributed by atoms with Crippen LogP contribution in [0.25, 0.3) is 11.4 Å². The van der Waals surface area contributed by atoms with Crippen LogP contribution in [0.2, 0.25) is 0 Å². The van der Waals surface area contributed by atoms with Gasteiger partial charge in [-0.05, 0) is 60.4 Å². The van der Waals surface area contributed by atoms with Gasteiger partial charge in [0.05, 0.1) is 17.9 Å². The van der Waals surface area contributed by atoms with Crippen LogP contribution in [0.1, 0.15) is 59.2 Å². The Morgan fingerprint density at radius 1 is 0.955 bits per heavy atom. The van der Waals surface area contributed by atoms with E-state index in [0.29, 0.717) is 28.3 Å². The first-order chi connectivity index (χ1) is 21.4.